The van der Waals surface area contributed by atoms with E-state index in [1.807, 2.05) is 45.0 Å². The van der Waals surface area contributed by atoms with E-state index in [0.717, 1.165) is 31.4 Å². The first-order chi connectivity index (χ1) is 16.7. The highest BCUT2D eigenvalue weighted by atomic mass is 16.2. The van der Waals surface area contributed by atoms with E-state index in [2.05, 4.69) is 5.32 Å². The van der Waals surface area contributed by atoms with Crippen molar-refractivity contribution in [3.63, 3.8) is 0 Å². The Kier molecular flexibility index (Phi) is 7.47. The Morgan fingerprint density at radius 1 is 1.03 bits per heavy atom. The summed E-state index contributed by atoms with van der Waals surface area (Å²) < 4.78 is 0. The number of benzene rings is 1. The van der Waals surface area contributed by atoms with Crippen LogP contribution in [0.4, 0.5) is 5.69 Å². The standard InChI is InChI=1S/C27H38N4O4/c1-17(2)15-21(28-25(33)18-9-11-20(12-10-18)29(3)4)27(35)30-14-13-22-24(30)23(32)16-31(22)26(34)19-7-5-6-8-19/h9-12,17,19,21-22,24H,5-8,13-16H2,1-4H3,(H,28,33). The largest absolute Gasteiger partial charge is 0.378 e. The average Bonchev–Trinajstić information content (AvgIpc) is 3.56. The number of fused-ring (bicyclic) bond motifs is 1. The van der Waals surface area contributed by atoms with Gasteiger partial charge in [-0.15, -0.1) is 0 Å². The number of amides is 3. The van der Waals surface area contributed by atoms with Crippen LogP contribution in [0.25, 0.3) is 0 Å². The molecule has 0 bridgehead atoms. The second-order valence-corrected chi connectivity index (χ2v) is 10.8. The molecule has 0 radical (unpaired) electrons. The number of ketones is 1. The molecule has 3 fully saturated rings. The van der Waals surface area contributed by atoms with Gasteiger partial charge in [0, 0.05) is 37.8 Å². The van der Waals surface area contributed by atoms with Crippen molar-refractivity contribution >= 4 is 29.2 Å². The Labute approximate surface area is 208 Å². The van der Waals surface area contributed by atoms with Crippen LogP contribution in [0.5, 0.6) is 0 Å². The van der Waals surface area contributed by atoms with E-state index in [0.29, 0.717) is 24.9 Å². The Hall–Kier alpha value is -2.90. The number of hydrogen-bond donors (Lipinski definition) is 1. The molecular weight excluding hydrogens is 444 g/mol. The molecule has 1 saturated carbocycles. The normalized spacial score (nSPS) is 23.1. The minimum Gasteiger partial charge on any atom is -0.378 e. The molecule has 35 heavy (non-hydrogen) atoms. The number of carbonyl (C=O) groups excluding carboxylic acids is 4. The zero-order valence-corrected chi connectivity index (χ0v) is 21.3. The van der Waals surface area contributed by atoms with Crippen LogP contribution in [0.15, 0.2) is 24.3 Å². The fourth-order valence-corrected chi connectivity index (χ4v) is 5.81. The molecule has 0 aromatic heterocycles. The molecule has 1 aromatic rings. The van der Waals surface area contributed by atoms with Gasteiger partial charge in [0.05, 0.1) is 12.6 Å². The summed E-state index contributed by atoms with van der Waals surface area (Å²) in [5.74, 6) is -0.336. The molecular formula is C27H38N4O4. The molecule has 2 heterocycles. The molecule has 1 aliphatic carbocycles. The van der Waals surface area contributed by atoms with Crippen LogP contribution in [-0.4, -0.2) is 78.6 Å². The minimum absolute atomic E-state index is 0.0122. The van der Waals surface area contributed by atoms with Gasteiger partial charge in [-0.25, -0.2) is 0 Å². The summed E-state index contributed by atoms with van der Waals surface area (Å²) in [6.07, 6.45) is 4.99. The lowest BCUT2D eigenvalue weighted by Gasteiger charge is -2.29. The van der Waals surface area contributed by atoms with E-state index in [1.54, 1.807) is 21.9 Å². The maximum absolute atomic E-state index is 13.7. The molecule has 190 valence electrons. The van der Waals surface area contributed by atoms with Crippen LogP contribution in [0.2, 0.25) is 0 Å². The monoisotopic (exact) mass is 482 g/mol. The van der Waals surface area contributed by atoms with Crippen molar-refractivity contribution in [2.45, 2.75) is 70.5 Å². The number of nitrogens with zero attached hydrogens (tertiary/aromatic N) is 3. The van der Waals surface area contributed by atoms with Crippen molar-refractivity contribution in [1.82, 2.24) is 15.1 Å². The Balaban J connectivity index is 1.47. The number of Topliss-reactive ketones (excluding diaryl/α,β-unsaturated/α-hetero) is 1. The van der Waals surface area contributed by atoms with Gasteiger partial charge in [0.2, 0.25) is 11.8 Å². The Morgan fingerprint density at radius 2 is 1.69 bits per heavy atom. The summed E-state index contributed by atoms with van der Waals surface area (Å²) in [5.41, 5.74) is 1.47. The van der Waals surface area contributed by atoms with E-state index in [9.17, 15) is 19.2 Å². The maximum Gasteiger partial charge on any atom is 0.251 e. The topological polar surface area (TPSA) is 90.0 Å². The first-order valence-corrected chi connectivity index (χ1v) is 12.9. The van der Waals surface area contributed by atoms with E-state index in [-0.39, 0.29) is 47.9 Å². The fraction of sp³-hybridized carbons (Fsp3) is 0.630. The summed E-state index contributed by atoms with van der Waals surface area (Å²) in [6.45, 7) is 4.53. The van der Waals surface area contributed by atoms with Gasteiger partial charge in [-0.3, -0.25) is 19.2 Å². The van der Waals surface area contributed by atoms with E-state index >= 15 is 0 Å². The van der Waals surface area contributed by atoms with Gasteiger partial charge in [0.15, 0.2) is 5.78 Å². The average molecular weight is 483 g/mol. The summed E-state index contributed by atoms with van der Waals surface area (Å²) >= 11 is 0. The smallest absolute Gasteiger partial charge is 0.251 e. The van der Waals surface area contributed by atoms with Crippen LogP contribution in [0.3, 0.4) is 0 Å². The van der Waals surface area contributed by atoms with Gasteiger partial charge < -0.3 is 20.0 Å². The lowest BCUT2D eigenvalue weighted by molar-refractivity contribution is -0.138. The number of anilines is 1. The SMILES string of the molecule is CC(C)CC(NC(=O)c1ccc(N(C)C)cc1)C(=O)N1CCC2C1C(=O)CN2C(=O)C1CCCC1. The maximum atomic E-state index is 13.7. The van der Waals surface area contributed by atoms with Crippen LogP contribution in [0.1, 0.15) is 62.7 Å². The number of hydrogen-bond acceptors (Lipinski definition) is 5. The molecule has 3 atom stereocenters. The zero-order chi connectivity index (χ0) is 25.3. The molecule has 8 heteroatoms. The van der Waals surface area contributed by atoms with Crippen LogP contribution >= 0.6 is 0 Å². The third kappa shape index (κ3) is 5.21. The summed E-state index contributed by atoms with van der Waals surface area (Å²) in [4.78, 5) is 58.0. The third-order valence-electron chi connectivity index (χ3n) is 7.65. The van der Waals surface area contributed by atoms with Gasteiger partial charge >= 0.3 is 0 Å². The molecule has 3 amide bonds. The quantitative estimate of drug-likeness (QED) is 0.645. The summed E-state index contributed by atoms with van der Waals surface area (Å²) in [6, 6.07) is 5.68. The van der Waals surface area contributed by atoms with Crippen molar-refractivity contribution in [3.8, 4) is 0 Å². The Bertz CT molecular complexity index is 968. The molecule has 3 unspecified atom stereocenters. The highest BCUT2D eigenvalue weighted by Crippen LogP contribution is 2.34. The zero-order valence-electron chi connectivity index (χ0n) is 21.3. The molecule has 2 aliphatic heterocycles. The van der Waals surface area contributed by atoms with E-state index in [1.165, 1.54) is 0 Å². The second-order valence-electron chi connectivity index (χ2n) is 10.8. The molecule has 8 nitrogen and oxygen atoms in total. The van der Waals surface area contributed by atoms with Crippen LogP contribution < -0.4 is 10.2 Å². The summed E-state index contributed by atoms with van der Waals surface area (Å²) in [5, 5.41) is 2.93. The summed E-state index contributed by atoms with van der Waals surface area (Å²) in [7, 11) is 3.87. The predicted octanol–water partition coefficient (Wildman–Crippen LogP) is 2.47. The molecule has 1 N–H and O–H groups in total. The Morgan fingerprint density at radius 3 is 2.29 bits per heavy atom. The highest BCUT2D eigenvalue weighted by Gasteiger charge is 2.53. The highest BCUT2D eigenvalue weighted by molar-refractivity contribution is 6.01. The van der Waals surface area contributed by atoms with Gasteiger partial charge in [0.25, 0.3) is 5.91 Å². The van der Waals surface area contributed by atoms with Gasteiger partial charge in [-0.05, 0) is 55.9 Å². The van der Waals surface area contributed by atoms with Gasteiger partial charge in [-0.2, -0.15) is 0 Å². The van der Waals surface area contributed by atoms with Crippen LogP contribution in [-0.2, 0) is 14.4 Å². The van der Waals surface area contributed by atoms with Crippen molar-refractivity contribution in [1.29, 1.82) is 0 Å². The van der Waals surface area contributed by atoms with Crippen molar-refractivity contribution in [2.75, 3.05) is 32.1 Å². The van der Waals surface area contributed by atoms with Crippen molar-refractivity contribution in [3.05, 3.63) is 29.8 Å². The number of rotatable bonds is 7. The minimum atomic E-state index is -0.720. The number of nitrogens with one attached hydrogen (secondary N) is 1. The van der Waals surface area contributed by atoms with Crippen LogP contribution in [0, 0.1) is 11.8 Å². The van der Waals surface area contributed by atoms with Crippen molar-refractivity contribution in [2.24, 2.45) is 11.8 Å². The molecule has 3 aliphatic rings. The predicted molar refractivity (Wildman–Crippen MR) is 134 cm³/mol. The first-order valence-electron chi connectivity index (χ1n) is 12.9. The van der Waals surface area contributed by atoms with Gasteiger partial charge in [0.1, 0.15) is 12.1 Å². The van der Waals surface area contributed by atoms with E-state index < -0.39 is 12.1 Å². The third-order valence-corrected chi connectivity index (χ3v) is 7.65. The molecule has 2 saturated heterocycles. The van der Waals surface area contributed by atoms with Crippen molar-refractivity contribution < 1.29 is 19.2 Å². The molecule has 4 rings (SSSR count). The van der Waals surface area contributed by atoms with Gasteiger partial charge in [-0.1, -0.05) is 26.7 Å². The second kappa shape index (κ2) is 10.4. The first kappa shape index (κ1) is 25.2. The number of carbonyl (C=O) groups is 4. The molecule has 0 spiro atoms. The molecule has 1 aromatic carbocycles. The number of likely N-dealkylation sites (tertiary alicyclic amines) is 2. The lowest BCUT2D eigenvalue weighted by atomic mass is 10.0. The lowest BCUT2D eigenvalue weighted by Crippen LogP contribution is -2.53. The fourth-order valence-electron chi connectivity index (χ4n) is 5.81. The van der Waals surface area contributed by atoms with E-state index in [4.69, 9.17) is 0 Å².